The summed E-state index contributed by atoms with van der Waals surface area (Å²) in [6, 6.07) is 3.46. The normalized spacial score (nSPS) is 9.39. The summed E-state index contributed by atoms with van der Waals surface area (Å²) in [5.41, 5.74) is 4.88. The Morgan fingerprint density at radius 1 is 1.33 bits per heavy atom. The fourth-order valence-corrected chi connectivity index (χ4v) is 1.87. The number of carbonyl (C=O) groups excluding carboxylic acids is 2. The van der Waals surface area contributed by atoms with E-state index in [0.717, 1.165) is 0 Å². The minimum absolute atomic E-state index is 0.113. The van der Waals surface area contributed by atoms with Crippen LogP contribution < -0.4 is 21.5 Å². The van der Waals surface area contributed by atoms with Crippen molar-refractivity contribution >= 4 is 40.5 Å². The van der Waals surface area contributed by atoms with Crippen molar-refractivity contribution in [2.75, 3.05) is 13.1 Å². The first-order valence-electron chi connectivity index (χ1n) is 5.28. The molecule has 1 heterocycles. The molecular weight excluding hydrogens is 272 g/mol. The van der Waals surface area contributed by atoms with Crippen LogP contribution in [0.25, 0.3) is 0 Å². The van der Waals surface area contributed by atoms with Gasteiger partial charge in [0.15, 0.2) is 5.11 Å². The van der Waals surface area contributed by atoms with Crippen LogP contribution in [-0.2, 0) is 4.79 Å². The van der Waals surface area contributed by atoms with Crippen molar-refractivity contribution in [1.29, 1.82) is 0 Å². The predicted molar refractivity (Wildman–Crippen MR) is 74.2 cm³/mol. The highest BCUT2D eigenvalue weighted by atomic mass is 32.1. The number of hydrazine groups is 1. The first kappa shape index (κ1) is 14.4. The average Bonchev–Trinajstić information content (AvgIpc) is 2.87. The maximum Gasteiger partial charge on any atom is 0.261 e. The van der Waals surface area contributed by atoms with Crippen molar-refractivity contribution in [3.63, 3.8) is 0 Å². The van der Waals surface area contributed by atoms with Gasteiger partial charge in [-0.05, 0) is 30.6 Å². The van der Waals surface area contributed by atoms with Crippen LogP contribution in [0, 0.1) is 0 Å². The third-order valence-electron chi connectivity index (χ3n) is 1.81. The Labute approximate surface area is 114 Å². The van der Waals surface area contributed by atoms with Gasteiger partial charge < -0.3 is 10.6 Å². The monoisotopic (exact) mass is 286 g/mol. The molecule has 6 nitrogen and oxygen atoms in total. The molecule has 0 spiro atoms. The van der Waals surface area contributed by atoms with Gasteiger partial charge in [-0.15, -0.1) is 11.3 Å². The molecule has 1 aromatic rings. The number of amides is 2. The predicted octanol–water partition coefficient (Wildman–Crippen LogP) is -0.00690. The van der Waals surface area contributed by atoms with Crippen LogP contribution in [0.1, 0.15) is 16.6 Å². The Balaban J connectivity index is 2.21. The van der Waals surface area contributed by atoms with Crippen LogP contribution in [0.15, 0.2) is 17.5 Å². The molecule has 1 rings (SSSR count). The second kappa shape index (κ2) is 7.62. The summed E-state index contributed by atoms with van der Waals surface area (Å²) < 4.78 is 0. The Kier molecular flexibility index (Phi) is 6.09. The number of thiophene rings is 1. The summed E-state index contributed by atoms with van der Waals surface area (Å²) in [7, 11) is 0. The second-order valence-electron chi connectivity index (χ2n) is 3.19. The molecule has 0 saturated carbocycles. The Morgan fingerprint density at radius 2 is 2.11 bits per heavy atom. The van der Waals surface area contributed by atoms with Gasteiger partial charge in [-0.25, -0.2) is 0 Å². The average molecular weight is 286 g/mol. The molecule has 0 fully saturated rings. The van der Waals surface area contributed by atoms with Crippen molar-refractivity contribution in [3.8, 4) is 0 Å². The van der Waals surface area contributed by atoms with Gasteiger partial charge >= 0.3 is 0 Å². The van der Waals surface area contributed by atoms with Crippen LogP contribution in [-0.4, -0.2) is 30.0 Å². The number of nitrogens with one attached hydrogen (secondary N) is 4. The smallest absolute Gasteiger partial charge is 0.261 e. The molecule has 4 N–H and O–H groups in total. The fourth-order valence-electron chi connectivity index (χ4n) is 1.03. The zero-order chi connectivity index (χ0) is 13.4. The first-order valence-corrected chi connectivity index (χ1v) is 6.56. The second-order valence-corrected chi connectivity index (χ2v) is 4.55. The van der Waals surface area contributed by atoms with E-state index in [1.807, 2.05) is 6.92 Å². The van der Waals surface area contributed by atoms with E-state index in [1.54, 1.807) is 17.5 Å². The minimum Gasteiger partial charge on any atom is -0.362 e. The lowest BCUT2D eigenvalue weighted by Crippen LogP contribution is -2.49. The number of rotatable bonds is 4. The van der Waals surface area contributed by atoms with E-state index in [1.165, 1.54) is 11.3 Å². The lowest BCUT2D eigenvalue weighted by Gasteiger charge is -2.10. The third kappa shape index (κ3) is 5.11. The van der Waals surface area contributed by atoms with Crippen molar-refractivity contribution in [3.05, 3.63) is 22.4 Å². The lowest BCUT2D eigenvalue weighted by molar-refractivity contribution is -0.120. The number of carbonyl (C=O) groups is 2. The molecule has 0 saturated heterocycles. The van der Waals surface area contributed by atoms with Crippen LogP contribution in [0.2, 0.25) is 0 Å². The van der Waals surface area contributed by atoms with E-state index in [2.05, 4.69) is 21.5 Å². The molecule has 0 unspecified atom stereocenters. The van der Waals surface area contributed by atoms with Crippen LogP contribution in [0.4, 0.5) is 0 Å². The lowest BCUT2D eigenvalue weighted by atomic mass is 10.4. The summed E-state index contributed by atoms with van der Waals surface area (Å²) in [5.74, 6) is -0.644. The topological polar surface area (TPSA) is 82.3 Å². The fraction of sp³-hybridized carbons (Fsp3) is 0.300. The van der Waals surface area contributed by atoms with Gasteiger partial charge in [0.1, 0.15) is 0 Å². The van der Waals surface area contributed by atoms with E-state index in [9.17, 15) is 9.59 Å². The first-order chi connectivity index (χ1) is 8.63. The Bertz CT molecular complexity index is 420. The van der Waals surface area contributed by atoms with Crippen LogP contribution in [0.5, 0.6) is 0 Å². The van der Waals surface area contributed by atoms with Crippen LogP contribution >= 0.6 is 23.6 Å². The molecule has 1 aromatic heterocycles. The highest BCUT2D eigenvalue weighted by molar-refractivity contribution is 7.80. The van der Waals surface area contributed by atoms with Gasteiger partial charge in [0.2, 0.25) is 0 Å². The molecule has 0 bridgehead atoms. The zero-order valence-corrected chi connectivity index (χ0v) is 11.4. The van der Waals surface area contributed by atoms with Gasteiger partial charge in [0.25, 0.3) is 11.8 Å². The van der Waals surface area contributed by atoms with E-state index in [0.29, 0.717) is 16.5 Å². The molecule has 0 atom stereocenters. The quantitative estimate of drug-likeness (QED) is 0.462. The number of thiocarbonyl (C=S) groups is 1. The maximum absolute atomic E-state index is 11.5. The molecule has 0 radical (unpaired) electrons. The van der Waals surface area contributed by atoms with Crippen molar-refractivity contribution in [1.82, 2.24) is 21.5 Å². The molecule has 0 aromatic carbocycles. The Morgan fingerprint density at radius 3 is 2.72 bits per heavy atom. The molecule has 0 aliphatic carbocycles. The van der Waals surface area contributed by atoms with Gasteiger partial charge in [0, 0.05) is 6.54 Å². The standard InChI is InChI=1S/C10H14N4O2S2/c1-2-11-10(17)14-13-8(15)6-12-9(16)7-4-3-5-18-7/h3-5H,2,6H2,1H3,(H,12,16)(H,13,15)(H2,11,14,17). The van der Waals surface area contributed by atoms with Crippen molar-refractivity contribution in [2.24, 2.45) is 0 Å². The van der Waals surface area contributed by atoms with Gasteiger partial charge in [-0.2, -0.15) is 0 Å². The molecule has 8 heteroatoms. The third-order valence-corrected chi connectivity index (χ3v) is 2.92. The summed E-state index contributed by atoms with van der Waals surface area (Å²) >= 11 is 6.17. The summed E-state index contributed by atoms with van der Waals surface area (Å²) in [6.45, 7) is 2.44. The van der Waals surface area contributed by atoms with Gasteiger partial charge in [0.05, 0.1) is 11.4 Å². The van der Waals surface area contributed by atoms with Crippen LogP contribution in [0.3, 0.4) is 0 Å². The highest BCUT2D eigenvalue weighted by Gasteiger charge is 2.08. The molecule has 0 aliphatic rings. The van der Waals surface area contributed by atoms with E-state index in [-0.39, 0.29) is 18.4 Å². The van der Waals surface area contributed by atoms with Crippen molar-refractivity contribution in [2.45, 2.75) is 6.92 Å². The van der Waals surface area contributed by atoms with Crippen molar-refractivity contribution < 1.29 is 9.59 Å². The van der Waals surface area contributed by atoms with Gasteiger partial charge in [-0.1, -0.05) is 6.07 Å². The number of hydrogen-bond acceptors (Lipinski definition) is 4. The Hall–Kier alpha value is -1.67. The summed E-state index contributed by atoms with van der Waals surface area (Å²) in [6.07, 6.45) is 0. The molecule has 98 valence electrons. The minimum atomic E-state index is -0.375. The van der Waals surface area contributed by atoms with E-state index >= 15 is 0 Å². The molecular formula is C10H14N4O2S2. The highest BCUT2D eigenvalue weighted by Crippen LogP contribution is 2.07. The SMILES string of the molecule is CCNC(=S)NNC(=O)CNC(=O)c1cccs1. The van der Waals surface area contributed by atoms with E-state index < -0.39 is 0 Å². The molecule has 2 amide bonds. The zero-order valence-electron chi connectivity index (χ0n) is 9.78. The molecule has 0 aliphatic heterocycles. The summed E-state index contributed by atoms with van der Waals surface area (Å²) in [5, 5.41) is 7.43. The van der Waals surface area contributed by atoms with Gasteiger partial charge in [-0.3, -0.25) is 20.4 Å². The summed E-state index contributed by atoms with van der Waals surface area (Å²) in [4.78, 5) is 23.4. The number of hydrogen-bond donors (Lipinski definition) is 4. The maximum atomic E-state index is 11.5. The van der Waals surface area contributed by atoms with E-state index in [4.69, 9.17) is 12.2 Å². The largest absolute Gasteiger partial charge is 0.362 e. The molecule has 18 heavy (non-hydrogen) atoms.